The Hall–Kier alpha value is -3.75. The quantitative estimate of drug-likeness (QED) is 0.602. The smallest absolute Gasteiger partial charge is 0.233 e. The number of rotatable bonds is 7. The lowest BCUT2D eigenvalue weighted by Crippen LogP contribution is -2.12. The molecule has 2 N–H and O–H groups in total. The predicted molar refractivity (Wildman–Crippen MR) is 107 cm³/mol. The van der Waals surface area contributed by atoms with Gasteiger partial charge in [-0.15, -0.1) is 6.58 Å². The van der Waals surface area contributed by atoms with E-state index in [-0.39, 0.29) is 11.9 Å². The molecule has 0 radical (unpaired) electrons. The molecule has 0 aliphatic rings. The molecule has 2 aromatic heterocycles. The van der Waals surface area contributed by atoms with Gasteiger partial charge in [0.15, 0.2) is 28.5 Å². The number of para-hydroxylation sites is 1. The Balaban J connectivity index is 2.17. The Morgan fingerprint density at radius 1 is 1.21 bits per heavy atom. The number of benzene rings is 1. The number of nitrogens with zero attached hydrogens (tertiary/aromatic N) is 4. The number of hydrogen-bond acceptors (Lipinski definition) is 8. The Morgan fingerprint density at radius 2 is 2.04 bits per heavy atom. The van der Waals surface area contributed by atoms with Crippen LogP contribution in [0.5, 0.6) is 11.5 Å². The van der Waals surface area contributed by atoms with Crippen molar-refractivity contribution in [3.05, 3.63) is 37.1 Å². The van der Waals surface area contributed by atoms with E-state index in [1.54, 1.807) is 32.6 Å². The van der Waals surface area contributed by atoms with Crippen LogP contribution in [-0.4, -0.2) is 46.6 Å². The van der Waals surface area contributed by atoms with Crippen molar-refractivity contribution < 1.29 is 14.3 Å². The van der Waals surface area contributed by atoms with E-state index in [4.69, 9.17) is 9.47 Å². The van der Waals surface area contributed by atoms with Gasteiger partial charge < -0.3 is 14.8 Å². The molecule has 3 rings (SSSR count). The largest absolute Gasteiger partial charge is 0.493 e. The van der Waals surface area contributed by atoms with Crippen molar-refractivity contribution in [2.45, 2.75) is 6.92 Å². The molecule has 0 saturated heterocycles. The third-order valence-corrected chi connectivity index (χ3v) is 3.79. The number of ether oxygens (including phenoxy) is 2. The number of amides is 1. The number of anilines is 2. The van der Waals surface area contributed by atoms with Gasteiger partial charge in [-0.25, -0.2) is 9.97 Å². The molecule has 0 saturated carbocycles. The minimum absolute atomic E-state index is 0.146. The van der Waals surface area contributed by atoms with Crippen molar-refractivity contribution in [1.29, 1.82) is 0 Å². The van der Waals surface area contributed by atoms with Gasteiger partial charge in [-0.1, -0.05) is 12.1 Å². The lowest BCUT2D eigenvalue weighted by atomic mass is 10.1. The summed E-state index contributed by atoms with van der Waals surface area (Å²) in [4.78, 5) is 29.0. The summed E-state index contributed by atoms with van der Waals surface area (Å²) in [6, 6.07) is 5.51. The maximum atomic E-state index is 11.4. The summed E-state index contributed by atoms with van der Waals surface area (Å²) >= 11 is 0. The summed E-state index contributed by atoms with van der Waals surface area (Å²) in [6.45, 7) is 5.53. The van der Waals surface area contributed by atoms with Crippen LogP contribution in [0.25, 0.3) is 22.4 Å². The maximum Gasteiger partial charge on any atom is 0.233 e. The molecule has 144 valence electrons. The molecule has 0 spiro atoms. The fraction of sp³-hybridized carbons (Fsp3) is 0.211. The van der Waals surface area contributed by atoms with Crippen molar-refractivity contribution in [2.75, 3.05) is 31.4 Å². The van der Waals surface area contributed by atoms with Gasteiger partial charge in [-0.2, -0.15) is 9.97 Å². The molecule has 9 heteroatoms. The van der Waals surface area contributed by atoms with E-state index in [9.17, 15) is 4.79 Å². The van der Waals surface area contributed by atoms with Crippen LogP contribution in [0, 0.1) is 0 Å². The van der Waals surface area contributed by atoms with Crippen LogP contribution in [0.2, 0.25) is 0 Å². The van der Waals surface area contributed by atoms with Crippen molar-refractivity contribution in [3.8, 4) is 22.8 Å². The van der Waals surface area contributed by atoms with Crippen LogP contribution in [0.1, 0.15) is 6.92 Å². The van der Waals surface area contributed by atoms with Gasteiger partial charge in [0.25, 0.3) is 0 Å². The first-order valence-electron chi connectivity index (χ1n) is 8.46. The molecule has 2 heterocycles. The van der Waals surface area contributed by atoms with Crippen LogP contribution < -0.4 is 20.1 Å². The summed E-state index contributed by atoms with van der Waals surface area (Å²) in [6.07, 6.45) is 3.27. The van der Waals surface area contributed by atoms with E-state index in [1.807, 2.05) is 12.1 Å². The number of carbonyl (C=O) groups excluding carboxylic acids is 1. The van der Waals surface area contributed by atoms with Crippen LogP contribution in [0.4, 0.5) is 11.8 Å². The summed E-state index contributed by atoms with van der Waals surface area (Å²) in [5.74, 6) is 1.44. The molecule has 0 aliphatic heterocycles. The summed E-state index contributed by atoms with van der Waals surface area (Å²) in [5, 5.41) is 5.66. The highest BCUT2D eigenvalue weighted by Crippen LogP contribution is 2.37. The number of nitrogens with one attached hydrogen (secondary N) is 2. The van der Waals surface area contributed by atoms with Gasteiger partial charge in [0, 0.05) is 19.0 Å². The zero-order valence-corrected chi connectivity index (χ0v) is 15.8. The molecular formula is C19H20N6O3. The Morgan fingerprint density at radius 3 is 2.71 bits per heavy atom. The first-order chi connectivity index (χ1) is 13.6. The van der Waals surface area contributed by atoms with Crippen LogP contribution >= 0.6 is 0 Å². The lowest BCUT2D eigenvalue weighted by Gasteiger charge is -2.13. The fourth-order valence-corrected chi connectivity index (χ4v) is 2.63. The van der Waals surface area contributed by atoms with E-state index in [1.165, 1.54) is 6.92 Å². The average molecular weight is 380 g/mol. The zero-order chi connectivity index (χ0) is 20.1. The molecule has 3 aromatic rings. The third-order valence-electron chi connectivity index (χ3n) is 3.79. The van der Waals surface area contributed by atoms with Crippen LogP contribution in [0.15, 0.2) is 37.1 Å². The van der Waals surface area contributed by atoms with E-state index in [2.05, 4.69) is 37.1 Å². The van der Waals surface area contributed by atoms with Crippen molar-refractivity contribution in [2.24, 2.45) is 0 Å². The van der Waals surface area contributed by atoms with E-state index >= 15 is 0 Å². The van der Waals surface area contributed by atoms with Gasteiger partial charge in [-0.3, -0.25) is 10.1 Å². The first kappa shape index (κ1) is 19.0. The van der Waals surface area contributed by atoms with Crippen molar-refractivity contribution in [1.82, 2.24) is 19.9 Å². The zero-order valence-electron chi connectivity index (χ0n) is 15.8. The van der Waals surface area contributed by atoms with Gasteiger partial charge in [-0.05, 0) is 12.1 Å². The number of hydrogen-bond donors (Lipinski definition) is 2. The number of aromatic nitrogens is 4. The highest BCUT2D eigenvalue weighted by atomic mass is 16.5. The molecule has 0 aliphatic carbocycles. The van der Waals surface area contributed by atoms with E-state index < -0.39 is 0 Å². The Labute approximate surface area is 161 Å². The minimum Gasteiger partial charge on any atom is -0.493 e. The topological polar surface area (TPSA) is 111 Å². The molecule has 9 nitrogen and oxygen atoms in total. The monoisotopic (exact) mass is 380 g/mol. The third kappa shape index (κ3) is 3.83. The molecule has 0 atom stereocenters. The minimum atomic E-state index is -0.278. The van der Waals surface area contributed by atoms with Crippen molar-refractivity contribution >= 4 is 28.8 Å². The maximum absolute atomic E-state index is 11.4. The standard InChI is InChI=1S/C19H20N6O3/c1-5-9-20-17-15-18(25-19(24-17)22-11(2)26)21-10-13(23-15)12-7-6-8-14(27-3)16(12)28-4/h5-8,10H,1,9H2,2-4H3,(H2,20,21,22,24,25,26). The number of carbonyl (C=O) groups is 1. The molecular weight excluding hydrogens is 360 g/mol. The highest BCUT2D eigenvalue weighted by molar-refractivity contribution is 5.90. The summed E-state index contributed by atoms with van der Waals surface area (Å²) in [5.41, 5.74) is 2.09. The fourth-order valence-electron chi connectivity index (χ4n) is 2.63. The normalized spacial score (nSPS) is 10.4. The van der Waals surface area contributed by atoms with Gasteiger partial charge >= 0.3 is 0 Å². The van der Waals surface area contributed by atoms with Crippen LogP contribution in [0.3, 0.4) is 0 Å². The molecule has 28 heavy (non-hydrogen) atoms. The molecule has 0 bridgehead atoms. The predicted octanol–water partition coefficient (Wildman–Crippen LogP) is 2.66. The van der Waals surface area contributed by atoms with E-state index in [0.29, 0.717) is 40.7 Å². The molecule has 0 fully saturated rings. The highest BCUT2D eigenvalue weighted by Gasteiger charge is 2.16. The van der Waals surface area contributed by atoms with Gasteiger partial charge in [0.1, 0.15) is 0 Å². The second kappa shape index (κ2) is 8.30. The second-order valence-electron chi connectivity index (χ2n) is 5.72. The molecule has 1 aromatic carbocycles. The van der Waals surface area contributed by atoms with E-state index in [0.717, 1.165) is 5.56 Å². The second-order valence-corrected chi connectivity index (χ2v) is 5.72. The molecule has 1 amide bonds. The SMILES string of the molecule is C=CCNc1nc(NC(C)=O)nc2ncc(-c3cccc(OC)c3OC)nc12. The van der Waals surface area contributed by atoms with Gasteiger partial charge in [0.05, 0.1) is 26.1 Å². The van der Waals surface area contributed by atoms with Gasteiger partial charge in [0.2, 0.25) is 11.9 Å². The van der Waals surface area contributed by atoms with Crippen molar-refractivity contribution in [3.63, 3.8) is 0 Å². The molecule has 0 unspecified atom stereocenters. The number of methoxy groups -OCH3 is 2. The summed E-state index contributed by atoms with van der Waals surface area (Å²) < 4.78 is 10.8. The average Bonchev–Trinajstić information content (AvgIpc) is 2.70. The Bertz CT molecular complexity index is 1040. The lowest BCUT2D eigenvalue weighted by molar-refractivity contribution is -0.114. The number of fused-ring (bicyclic) bond motifs is 1. The van der Waals surface area contributed by atoms with Crippen LogP contribution in [-0.2, 0) is 4.79 Å². The first-order valence-corrected chi connectivity index (χ1v) is 8.46. The Kier molecular flexibility index (Phi) is 5.64. The summed E-state index contributed by atoms with van der Waals surface area (Å²) in [7, 11) is 3.14.